The molecule has 0 unspecified atom stereocenters. The maximum absolute atomic E-state index is 14.0. The van der Waals surface area contributed by atoms with E-state index < -0.39 is 11.8 Å². The van der Waals surface area contributed by atoms with Gasteiger partial charge in [0.2, 0.25) is 0 Å². The third-order valence-corrected chi connectivity index (χ3v) is 3.59. The Balaban J connectivity index is 2.48. The van der Waals surface area contributed by atoms with Gasteiger partial charge >= 0.3 is 5.97 Å². The van der Waals surface area contributed by atoms with Gasteiger partial charge in [-0.3, -0.25) is 0 Å². The summed E-state index contributed by atoms with van der Waals surface area (Å²) in [6.45, 7) is 1.77. The molecule has 0 aliphatic carbocycles. The first-order chi connectivity index (χ1) is 10.1. The molecule has 0 saturated heterocycles. The third-order valence-electron chi connectivity index (χ3n) is 3.00. The Morgan fingerprint density at radius 1 is 1.29 bits per heavy atom. The van der Waals surface area contributed by atoms with Gasteiger partial charge in [-0.15, -0.1) is 0 Å². The first kappa shape index (κ1) is 15.5. The van der Waals surface area contributed by atoms with Crippen LogP contribution in [0, 0.1) is 5.82 Å². The van der Waals surface area contributed by atoms with E-state index in [-0.39, 0.29) is 16.9 Å². The van der Waals surface area contributed by atoms with Crippen LogP contribution in [-0.2, 0) is 6.42 Å². The van der Waals surface area contributed by atoms with E-state index in [1.165, 1.54) is 13.2 Å². The lowest BCUT2D eigenvalue weighted by atomic mass is 10.0. The minimum atomic E-state index is -0.643. The molecule has 0 atom stereocenters. The summed E-state index contributed by atoms with van der Waals surface area (Å²) >= 11 is 3.20. The molecule has 2 rings (SSSR count). The quantitative estimate of drug-likeness (QED) is 0.605. The van der Waals surface area contributed by atoms with Crippen LogP contribution in [0.2, 0.25) is 0 Å². The molecule has 0 spiro atoms. The van der Waals surface area contributed by atoms with Gasteiger partial charge < -0.3 is 9.47 Å². The van der Waals surface area contributed by atoms with E-state index in [1.54, 1.807) is 31.2 Å². The van der Waals surface area contributed by atoms with Gasteiger partial charge in [0.05, 0.1) is 11.6 Å². The van der Waals surface area contributed by atoms with Gasteiger partial charge in [0.1, 0.15) is 22.9 Å². The lowest BCUT2D eigenvalue weighted by Gasteiger charge is -2.14. The van der Waals surface area contributed by atoms with Crippen molar-refractivity contribution in [2.75, 3.05) is 7.11 Å². The molecule has 0 aliphatic heterocycles. The Bertz CT molecular complexity index is 628. The molecule has 0 bridgehead atoms. The largest absolute Gasteiger partial charge is 0.495 e. The highest BCUT2D eigenvalue weighted by Crippen LogP contribution is 2.34. The fourth-order valence-electron chi connectivity index (χ4n) is 2.05. The minimum Gasteiger partial charge on any atom is -0.495 e. The maximum Gasteiger partial charge on any atom is 0.347 e. The zero-order chi connectivity index (χ0) is 15.4. The van der Waals surface area contributed by atoms with Gasteiger partial charge in [0.15, 0.2) is 0 Å². The van der Waals surface area contributed by atoms with Crippen LogP contribution in [0.1, 0.15) is 22.8 Å². The predicted octanol–water partition coefficient (Wildman–Crippen LogP) is 4.38. The van der Waals surface area contributed by atoms with E-state index in [2.05, 4.69) is 15.9 Å². The highest BCUT2D eigenvalue weighted by atomic mass is 79.9. The Hall–Kier alpha value is -1.88. The number of benzene rings is 2. The average molecular weight is 353 g/mol. The van der Waals surface area contributed by atoms with Crippen LogP contribution in [0.3, 0.4) is 0 Å². The van der Waals surface area contributed by atoms with E-state index in [1.807, 2.05) is 6.07 Å². The molecular weight excluding hydrogens is 339 g/mol. The van der Waals surface area contributed by atoms with Gasteiger partial charge in [-0.2, -0.15) is 0 Å². The van der Waals surface area contributed by atoms with Crippen molar-refractivity contribution in [1.82, 2.24) is 0 Å². The summed E-state index contributed by atoms with van der Waals surface area (Å²) in [5.74, 6) is -0.443. The second-order valence-electron chi connectivity index (χ2n) is 4.28. The number of methoxy groups -OCH3 is 1. The van der Waals surface area contributed by atoms with Gasteiger partial charge in [-0.1, -0.05) is 25.1 Å². The van der Waals surface area contributed by atoms with Gasteiger partial charge in [0, 0.05) is 5.56 Å². The second-order valence-corrected chi connectivity index (χ2v) is 5.14. The molecule has 0 radical (unpaired) electrons. The van der Waals surface area contributed by atoms with E-state index in [0.717, 1.165) is 0 Å². The molecule has 5 heteroatoms. The molecule has 110 valence electrons. The lowest BCUT2D eigenvalue weighted by Crippen LogP contribution is -2.14. The summed E-state index contributed by atoms with van der Waals surface area (Å²) in [6.07, 6.45) is 0.356. The monoisotopic (exact) mass is 352 g/mol. The predicted molar refractivity (Wildman–Crippen MR) is 81.4 cm³/mol. The number of ether oxygens (including phenoxy) is 2. The molecule has 0 fully saturated rings. The number of rotatable bonds is 4. The number of halogens is 2. The van der Waals surface area contributed by atoms with Gasteiger partial charge in [-0.05, 0) is 40.5 Å². The number of para-hydroxylation sites is 1. The molecule has 0 heterocycles. The molecule has 0 aromatic heterocycles. The standard InChI is InChI=1S/C16H14BrFO3/c1-3-11-13(18)9-12(17)15(20-2)14(11)16(19)21-10-7-5-4-6-8-10/h4-9H,3H2,1-2H3. The van der Waals surface area contributed by atoms with Gasteiger partial charge in [-0.25, -0.2) is 9.18 Å². The minimum absolute atomic E-state index is 0.107. The summed E-state index contributed by atoms with van der Waals surface area (Å²) in [7, 11) is 1.43. The summed E-state index contributed by atoms with van der Waals surface area (Å²) in [5.41, 5.74) is 0.381. The van der Waals surface area contributed by atoms with E-state index in [0.29, 0.717) is 16.6 Å². The fraction of sp³-hybridized carbons (Fsp3) is 0.188. The van der Waals surface area contributed by atoms with Crippen molar-refractivity contribution in [3.8, 4) is 11.5 Å². The van der Waals surface area contributed by atoms with E-state index in [4.69, 9.17) is 9.47 Å². The first-order valence-electron chi connectivity index (χ1n) is 6.40. The highest BCUT2D eigenvalue weighted by molar-refractivity contribution is 9.10. The Labute approximate surface area is 130 Å². The molecule has 2 aromatic carbocycles. The van der Waals surface area contributed by atoms with E-state index in [9.17, 15) is 9.18 Å². The number of carbonyl (C=O) groups is 1. The van der Waals surface area contributed by atoms with Crippen molar-refractivity contribution in [2.45, 2.75) is 13.3 Å². The summed E-state index contributed by atoms with van der Waals surface area (Å²) in [4.78, 5) is 12.4. The molecular formula is C16H14BrFO3. The van der Waals surface area contributed by atoms with Crippen LogP contribution in [0.15, 0.2) is 40.9 Å². The van der Waals surface area contributed by atoms with Crippen molar-refractivity contribution in [3.05, 3.63) is 57.8 Å². The van der Waals surface area contributed by atoms with Crippen LogP contribution in [0.25, 0.3) is 0 Å². The summed E-state index contributed by atoms with van der Waals surface area (Å²) in [5, 5.41) is 0. The number of esters is 1. The molecule has 0 saturated carbocycles. The topological polar surface area (TPSA) is 35.5 Å². The maximum atomic E-state index is 14.0. The van der Waals surface area contributed by atoms with Crippen molar-refractivity contribution in [1.29, 1.82) is 0 Å². The van der Waals surface area contributed by atoms with Crippen molar-refractivity contribution in [3.63, 3.8) is 0 Å². The molecule has 21 heavy (non-hydrogen) atoms. The molecule has 0 N–H and O–H groups in total. The van der Waals surface area contributed by atoms with Crippen molar-refractivity contribution in [2.24, 2.45) is 0 Å². The summed E-state index contributed by atoms with van der Waals surface area (Å²) in [6, 6.07) is 9.92. The number of carbonyl (C=O) groups excluding carboxylic acids is 1. The fourth-order valence-corrected chi connectivity index (χ4v) is 2.61. The van der Waals surface area contributed by atoms with Crippen molar-refractivity contribution < 1.29 is 18.7 Å². The first-order valence-corrected chi connectivity index (χ1v) is 7.19. The van der Waals surface area contributed by atoms with Crippen molar-refractivity contribution >= 4 is 21.9 Å². The molecule has 2 aromatic rings. The Morgan fingerprint density at radius 2 is 1.95 bits per heavy atom. The highest BCUT2D eigenvalue weighted by Gasteiger charge is 2.24. The zero-order valence-corrected chi connectivity index (χ0v) is 13.2. The van der Waals surface area contributed by atoms with E-state index >= 15 is 0 Å². The molecule has 0 aliphatic rings. The molecule has 3 nitrogen and oxygen atoms in total. The smallest absolute Gasteiger partial charge is 0.347 e. The second kappa shape index (κ2) is 6.72. The number of hydrogen-bond donors (Lipinski definition) is 0. The number of hydrogen-bond acceptors (Lipinski definition) is 3. The Kier molecular flexibility index (Phi) is 4.96. The van der Waals surface area contributed by atoms with Crippen LogP contribution >= 0.6 is 15.9 Å². The van der Waals surface area contributed by atoms with Crippen LogP contribution in [0.5, 0.6) is 11.5 Å². The molecule has 0 amide bonds. The van der Waals surface area contributed by atoms with Crippen LogP contribution < -0.4 is 9.47 Å². The SMILES string of the molecule is CCc1c(F)cc(Br)c(OC)c1C(=O)Oc1ccccc1. The van der Waals surface area contributed by atoms with Crippen LogP contribution in [0.4, 0.5) is 4.39 Å². The Morgan fingerprint density at radius 3 is 2.52 bits per heavy atom. The zero-order valence-electron chi connectivity index (χ0n) is 11.7. The van der Waals surface area contributed by atoms with Gasteiger partial charge in [0.25, 0.3) is 0 Å². The van der Waals surface area contributed by atoms with Crippen LogP contribution in [-0.4, -0.2) is 13.1 Å². The lowest BCUT2D eigenvalue weighted by molar-refractivity contribution is 0.0729. The third kappa shape index (κ3) is 3.24. The normalized spacial score (nSPS) is 10.3. The average Bonchev–Trinajstić information content (AvgIpc) is 2.47. The summed E-state index contributed by atoms with van der Waals surface area (Å²) < 4.78 is 24.9.